The molecule has 0 aromatic carbocycles. The van der Waals surface area contributed by atoms with Gasteiger partial charge in [-0.15, -0.1) is 0 Å². The minimum Gasteiger partial charge on any atom is -0.396 e. The molecular formula is C18H38O4. The molecule has 0 spiro atoms. The zero-order valence-corrected chi connectivity index (χ0v) is 15.0. The van der Waals surface area contributed by atoms with E-state index in [4.69, 9.17) is 0 Å². The predicted octanol–water partition coefficient (Wildman–Crippen LogP) is 2.87. The van der Waals surface area contributed by atoms with Crippen molar-refractivity contribution in [1.29, 1.82) is 0 Å². The third kappa shape index (κ3) is 4.92. The number of hydrogen-bond donors (Lipinski definition) is 4. The van der Waals surface area contributed by atoms with E-state index in [1.807, 2.05) is 13.8 Å². The second kappa shape index (κ2) is 10.6. The Labute approximate surface area is 136 Å². The molecule has 0 aliphatic carbocycles. The van der Waals surface area contributed by atoms with Crippen LogP contribution in [0.4, 0.5) is 0 Å². The highest BCUT2D eigenvalue weighted by Gasteiger charge is 2.47. The van der Waals surface area contributed by atoms with Crippen LogP contribution in [-0.4, -0.2) is 45.8 Å². The van der Waals surface area contributed by atoms with Gasteiger partial charge in [0, 0.05) is 10.8 Å². The van der Waals surface area contributed by atoms with Crippen LogP contribution in [0.25, 0.3) is 0 Å². The van der Waals surface area contributed by atoms with Crippen molar-refractivity contribution in [2.24, 2.45) is 10.8 Å². The van der Waals surface area contributed by atoms with Crippen LogP contribution in [0.5, 0.6) is 0 Å². The molecule has 0 radical (unpaired) electrons. The molecule has 0 saturated heterocycles. The molecule has 0 fully saturated rings. The summed E-state index contributed by atoms with van der Waals surface area (Å²) in [7, 11) is 0. The Morgan fingerprint density at radius 3 is 1.32 bits per heavy atom. The molecule has 0 bridgehead atoms. The Kier molecular flexibility index (Phi) is 10.5. The summed E-state index contributed by atoms with van der Waals surface area (Å²) in [6.45, 7) is 7.74. The van der Waals surface area contributed by atoms with Crippen molar-refractivity contribution >= 4 is 0 Å². The highest BCUT2D eigenvalue weighted by atomic mass is 16.3. The average Bonchev–Trinajstić information content (AvgIpc) is 2.57. The molecule has 0 saturated carbocycles. The zero-order chi connectivity index (χ0) is 17.2. The van der Waals surface area contributed by atoms with E-state index in [1.54, 1.807) is 0 Å². The molecule has 0 aliphatic heterocycles. The van der Waals surface area contributed by atoms with Gasteiger partial charge in [-0.05, 0) is 25.7 Å². The Morgan fingerprint density at radius 1 is 0.682 bits per heavy atom. The Hall–Kier alpha value is -0.160. The van der Waals surface area contributed by atoms with Crippen LogP contribution in [0.2, 0.25) is 0 Å². The predicted molar refractivity (Wildman–Crippen MR) is 90.7 cm³/mol. The van der Waals surface area contributed by atoms with Gasteiger partial charge in [0.15, 0.2) is 0 Å². The van der Waals surface area contributed by atoms with Crippen molar-refractivity contribution in [2.75, 3.05) is 13.2 Å². The SMILES string of the molecule is CCCCC(CO)(CCCC)C(O)C(O)C(CC)(CC)CO. The summed E-state index contributed by atoms with van der Waals surface area (Å²) >= 11 is 0. The van der Waals surface area contributed by atoms with Gasteiger partial charge in [-0.3, -0.25) is 0 Å². The first-order valence-corrected chi connectivity index (χ1v) is 9.01. The van der Waals surface area contributed by atoms with Crippen molar-refractivity contribution < 1.29 is 20.4 Å². The van der Waals surface area contributed by atoms with Gasteiger partial charge in [-0.1, -0.05) is 53.4 Å². The molecule has 0 rings (SSSR count). The van der Waals surface area contributed by atoms with Crippen molar-refractivity contribution in [1.82, 2.24) is 0 Å². The minimum absolute atomic E-state index is 0.125. The highest BCUT2D eigenvalue weighted by molar-refractivity contribution is 4.97. The Morgan fingerprint density at radius 2 is 1.05 bits per heavy atom. The van der Waals surface area contributed by atoms with Crippen molar-refractivity contribution in [2.45, 2.75) is 91.3 Å². The normalized spacial score (nSPS) is 15.8. The van der Waals surface area contributed by atoms with Crippen LogP contribution in [0.3, 0.4) is 0 Å². The summed E-state index contributed by atoms with van der Waals surface area (Å²) in [5, 5.41) is 41.4. The van der Waals surface area contributed by atoms with Gasteiger partial charge in [-0.25, -0.2) is 0 Å². The van der Waals surface area contributed by atoms with Gasteiger partial charge in [0.2, 0.25) is 0 Å². The van der Waals surface area contributed by atoms with E-state index in [2.05, 4.69) is 13.8 Å². The van der Waals surface area contributed by atoms with E-state index in [0.717, 1.165) is 25.7 Å². The summed E-state index contributed by atoms with van der Waals surface area (Å²) in [5.41, 5.74) is -1.37. The minimum atomic E-state index is -1.02. The Balaban J connectivity index is 5.41. The summed E-state index contributed by atoms with van der Waals surface area (Å²) in [6, 6.07) is 0. The van der Waals surface area contributed by atoms with Crippen LogP contribution in [0, 0.1) is 10.8 Å². The number of rotatable bonds is 13. The van der Waals surface area contributed by atoms with E-state index in [9.17, 15) is 20.4 Å². The summed E-state index contributed by atoms with van der Waals surface area (Å²) in [5.74, 6) is 0. The molecular weight excluding hydrogens is 280 g/mol. The summed E-state index contributed by atoms with van der Waals surface area (Å²) in [6.07, 6.45) is 4.38. The van der Waals surface area contributed by atoms with Crippen LogP contribution >= 0.6 is 0 Å². The van der Waals surface area contributed by atoms with Gasteiger partial charge in [-0.2, -0.15) is 0 Å². The lowest BCUT2D eigenvalue weighted by atomic mass is 9.65. The topological polar surface area (TPSA) is 80.9 Å². The average molecular weight is 318 g/mol. The number of hydrogen-bond acceptors (Lipinski definition) is 4. The maximum atomic E-state index is 10.9. The van der Waals surface area contributed by atoms with Gasteiger partial charge in [0.1, 0.15) is 0 Å². The fourth-order valence-corrected chi connectivity index (χ4v) is 3.39. The lowest BCUT2D eigenvalue weighted by molar-refractivity contribution is -0.152. The fraction of sp³-hybridized carbons (Fsp3) is 1.00. The summed E-state index contributed by atoms with van der Waals surface area (Å²) < 4.78 is 0. The first kappa shape index (κ1) is 21.8. The quantitative estimate of drug-likeness (QED) is 0.421. The van der Waals surface area contributed by atoms with E-state index < -0.39 is 23.0 Å². The first-order valence-electron chi connectivity index (χ1n) is 9.01. The van der Waals surface area contributed by atoms with Crippen LogP contribution < -0.4 is 0 Å². The molecule has 4 nitrogen and oxygen atoms in total. The van der Waals surface area contributed by atoms with Crippen LogP contribution in [0.1, 0.15) is 79.1 Å². The van der Waals surface area contributed by atoms with Crippen molar-refractivity contribution in [3.8, 4) is 0 Å². The maximum Gasteiger partial charge on any atom is 0.0883 e. The van der Waals surface area contributed by atoms with Crippen molar-refractivity contribution in [3.63, 3.8) is 0 Å². The molecule has 0 amide bonds. The maximum absolute atomic E-state index is 10.9. The molecule has 4 N–H and O–H groups in total. The number of aliphatic hydroxyl groups is 4. The molecule has 0 aromatic rings. The highest BCUT2D eigenvalue weighted by Crippen LogP contribution is 2.42. The van der Waals surface area contributed by atoms with Gasteiger partial charge >= 0.3 is 0 Å². The molecule has 2 unspecified atom stereocenters. The second-order valence-corrected chi connectivity index (χ2v) is 6.84. The smallest absolute Gasteiger partial charge is 0.0883 e. The second-order valence-electron chi connectivity index (χ2n) is 6.84. The third-order valence-corrected chi connectivity index (χ3v) is 5.65. The lowest BCUT2D eigenvalue weighted by Gasteiger charge is -2.45. The fourth-order valence-electron chi connectivity index (χ4n) is 3.39. The van der Waals surface area contributed by atoms with Crippen LogP contribution in [0.15, 0.2) is 0 Å². The number of unbranched alkanes of at least 4 members (excludes halogenated alkanes) is 2. The largest absolute Gasteiger partial charge is 0.396 e. The van der Waals surface area contributed by atoms with Crippen LogP contribution in [-0.2, 0) is 0 Å². The molecule has 134 valence electrons. The molecule has 0 aromatic heterocycles. The monoisotopic (exact) mass is 318 g/mol. The van der Waals surface area contributed by atoms with E-state index in [1.165, 1.54) is 0 Å². The van der Waals surface area contributed by atoms with E-state index >= 15 is 0 Å². The number of aliphatic hydroxyl groups excluding tert-OH is 4. The zero-order valence-electron chi connectivity index (χ0n) is 15.0. The standard InChI is InChI=1S/C18H38O4/c1-5-9-11-18(14-20,12-10-6-2)16(22)15(21)17(7-3,8-4)13-19/h15-16,19-22H,5-14H2,1-4H3. The lowest BCUT2D eigenvalue weighted by Crippen LogP contribution is -2.54. The van der Waals surface area contributed by atoms with Gasteiger partial charge < -0.3 is 20.4 Å². The summed E-state index contributed by atoms with van der Waals surface area (Å²) in [4.78, 5) is 0. The van der Waals surface area contributed by atoms with E-state index in [0.29, 0.717) is 25.7 Å². The molecule has 0 aliphatic rings. The molecule has 2 atom stereocenters. The van der Waals surface area contributed by atoms with Crippen molar-refractivity contribution in [3.05, 3.63) is 0 Å². The molecule has 4 heteroatoms. The van der Waals surface area contributed by atoms with E-state index in [-0.39, 0.29) is 13.2 Å². The van der Waals surface area contributed by atoms with Gasteiger partial charge in [0.05, 0.1) is 25.4 Å². The molecule has 0 heterocycles. The molecule has 22 heavy (non-hydrogen) atoms. The Bertz CT molecular complexity index is 260. The van der Waals surface area contributed by atoms with Gasteiger partial charge in [0.25, 0.3) is 0 Å². The first-order chi connectivity index (χ1) is 10.4. The third-order valence-electron chi connectivity index (χ3n) is 5.65.